The Hall–Kier alpha value is -1.20. The summed E-state index contributed by atoms with van der Waals surface area (Å²) in [6.45, 7) is 5.08. The van der Waals surface area contributed by atoms with Crippen molar-refractivity contribution in [2.45, 2.75) is 13.2 Å². The van der Waals surface area contributed by atoms with Crippen molar-refractivity contribution in [1.29, 1.82) is 0 Å². The minimum atomic E-state index is -0.322. The Kier molecular flexibility index (Phi) is 12.9. The first-order chi connectivity index (χ1) is 6.62. The summed E-state index contributed by atoms with van der Waals surface area (Å²) < 4.78 is 9.35. The molecule has 0 saturated carbocycles. The normalized spacial score (nSPS) is 8.57. The molecule has 0 fully saturated rings. The number of nitrogens with one attached hydrogen (secondary N) is 1. The summed E-state index contributed by atoms with van der Waals surface area (Å²) in [5.41, 5.74) is 0. The van der Waals surface area contributed by atoms with Crippen LogP contribution in [-0.2, 0) is 19.1 Å². The third-order valence-electron chi connectivity index (χ3n) is 1.21. The van der Waals surface area contributed by atoms with Crippen LogP contribution < -0.4 is 5.32 Å². The van der Waals surface area contributed by atoms with Crippen molar-refractivity contribution in [3.05, 3.63) is 12.7 Å². The second-order valence-corrected chi connectivity index (χ2v) is 2.15. The third kappa shape index (κ3) is 13.4. The molecule has 0 aliphatic carbocycles. The molecule has 5 heteroatoms. The van der Waals surface area contributed by atoms with Crippen LogP contribution in [0.3, 0.4) is 0 Å². The van der Waals surface area contributed by atoms with E-state index in [1.807, 2.05) is 6.92 Å². The maximum absolute atomic E-state index is 10.2. The van der Waals surface area contributed by atoms with Crippen molar-refractivity contribution in [2.75, 3.05) is 20.8 Å². The molecule has 0 radical (unpaired) electrons. The van der Waals surface area contributed by atoms with Gasteiger partial charge in [0.1, 0.15) is 6.29 Å². The summed E-state index contributed by atoms with van der Waals surface area (Å²) in [6.07, 6.45) is 1.66. The lowest BCUT2D eigenvalue weighted by Crippen LogP contribution is -2.22. The number of carbonyl (C=O) groups excluding carboxylic acids is 2. The van der Waals surface area contributed by atoms with Gasteiger partial charge < -0.3 is 19.6 Å². The van der Waals surface area contributed by atoms with E-state index in [1.165, 1.54) is 0 Å². The van der Waals surface area contributed by atoms with Crippen LogP contribution in [0.5, 0.6) is 0 Å². The average Bonchev–Trinajstić information content (AvgIpc) is 2.25. The fourth-order valence-corrected chi connectivity index (χ4v) is 0.311. The molecule has 1 amide bonds. The van der Waals surface area contributed by atoms with Crippen molar-refractivity contribution in [2.24, 2.45) is 0 Å². The SMILES string of the molecule is C=CC(=O)NCC=O.COC(C)OC. The summed E-state index contributed by atoms with van der Waals surface area (Å²) >= 11 is 0. The Morgan fingerprint density at radius 3 is 2.21 bits per heavy atom. The summed E-state index contributed by atoms with van der Waals surface area (Å²) in [5.74, 6) is -0.322. The van der Waals surface area contributed by atoms with Crippen molar-refractivity contribution >= 4 is 12.2 Å². The first-order valence-electron chi connectivity index (χ1n) is 4.01. The van der Waals surface area contributed by atoms with Gasteiger partial charge in [-0.25, -0.2) is 0 Å². The van der Waals surface area contributed by atoms with Crippen molar-refractivity contribution in [1.82, 2.24) is 5.32 Å². The second-order valence-electron chi connectivity index (χ2n) is 2.15. The van der Waals surface area contributed by atoms with Gasteiger partial charge in [0.2, 0.25) is 5.91 Å². The second kappa shape index (κ2) is 11.8. The van der Waals surface area contributed by atoms with Crippen LogP contribution in [0.15, 0.2) is 12.7 Å². The molecular weight excluding hydrogens is 186 g/mol. The summed E-state index contributed by atoms with van der Waals surface area (Å²) in [6, 6.07) is 0. The fourth-order valence-electron chi connectivity index (χ4n) is 0.311. The predicted octanol–water partition coefficient (Wildman–Crippen LogP) is 0.113. The Morgan fingerprint density at radius 2 is 2.00 bits per heavy atom. The molecule has 0 saturated heterocycles. The number of rotatable bonds is 5. The lowest BCUT2D eigenvalue weighted by Gasteiger charge is -2.03. The quantitative estimate of drug-likeness (QED) is 0.391. The summed E-state index contributed by atoms with van der Waals surface area (Å²) in [4.78, 5) is 19.8. The van der Waals surface area contributed by atoms with Gasteiger partial charge in [0.15, 0.2) is 6.29 Å². The Balaban J connectivity index is 0. The van der Waals surface area contributed by atoms with Gasteiger partial charge in [-0.3, -0.25) is 4.79 Å². The number of amides is 1. The minimum absolute atomic E-state index is 0.0604. The molecule has 14 heavy (non-hydrogen) atoms. The largest absolute Gasteiger partial charge is 0.356 e. The lowest BCUT2D eigenvalue weighted by atomic mass is 10.5. The zero-order valence-electron chi connectivity index (χ0n) is 8.78. The topological polar surface area (TPSA) is 64.6 Å². The number of hydrogen-bond donors (Lipinski definition) is 1. The van der Waals surface area contributed by atoms with E-state index in [2.05, 4.69) is 21.4 Å². The Labute approximate surface area is 84.1 Å². The summed E-state index contributed by atoms with van der Waals surface area (Å²) in [7, 11) is 3.21. The number of carbonyl (C=O) groups is 2. The molecule has 5 nitrogen and oxygen atoms in total. The molecule has 82 valence electrons. The molecule has 0 aromatic rings. The molecule has 0 aromatic heterocycles. The molecule has 0 spiro atoms. The monoisotopic (exact) mass is 203 g/mol. The van der Waals surface area contributed by atoms with E-state index in [0.717, 1.165) is 6.08 Å². The first kappa shape index (κ1) is 15.3. The zero-order chi connectivity index (χ0) is 11.4. The van der Waals surface area contributed by atoms with Crippen LogP contribution >= 0.6 is 0 Å². The summed E-state index contributed by atoms with van der Waals surface area (Å²) in [5, 5.41) is 2.26. The molecule has 0 aliphatic rings. The highest BCUT2D eigenvalue weighted by Gasteiger charge is 1.88. The van der Waals surface area contributed by atoms with Gasteiger partial charge in [0.05, 0.1) is 6.54 Å². The smallest absolute Gasteiger partial charge is 0.243 e. The van der Waals surface area contributed by atoms with Crippen LogP contribution in [0.2, 0.25) is 0 Å². The number of hydrogen-bond acceptors (Lipinski definition) is 4. The standard InChI is InChI=1S/C5H7NO2.C4H10O2/c1-2-5(8)6-3-4-7;1-4(5-2)6-3/h2,4H,1,3H2,(H,6,8);4H,1-3H3. The van der Waals surface area contributed by atoms with Gasteiger partial charge in [-0.2, -0.15) is 0 Å². The molecule has 0 rings (SSSR count). The van der Waals surface area contributed by atoms with E-state index in [-0.39, 0.29) is 18.7 Å². The molecule has 0 heterocycles. The van der Waals surface area contributed by atoms with E-state index in [9.17, 15) is 9.59 Å². The lowest BCUT2D eigenvalue weighted by molar-refractivity contribution is -0.118. The highest BCUT2D eigenvalue weighted by Crippen LogP contribution is 1.82. The van der Waals surface area contributed by atoms with Gasteiger partial charge in [0.25, 0.3) is 0 Å². The van der Waals surface area contributed by atoms with Crippen molar-refractivity contribution in [3.63, 3.8) is 0 Å². The van der Waals surface area contributed by atoms with E-state index >= 15 is 0 Å². The third-order valence-corrected chi connectivity index (χ3v) is 1.21. The van der Waals surface area contributed by atoms with Gasteiger partial charge in [0, 0.05) is 14.2 Å². The van der Waals surface area contributed by atoms with E-state index in [0.29, 0.717) is 6.29 Å². The zero-order valence-corrected chi connectivity index (χ0v) is 8.78. The first-order valence-corrected chi connectivity index (χ1v) is 4.01. The van der Waals surface area contributed by atoms with Crippen LogP contribution in [0.25, 0.3) is 0 Å². The average molecular weight is 203 g/mol. The van der Waals surface area contributed by atoms with E-state index < -0.39 is 0 Å². The minimum Gasteiger partial charge on any atom is -0.356 e. The maximum Gasteiger partial charge on any atom is 0.243 e. The highest BCUT2D eigenvalue weighted by molar-refractivity contribution is 5.88. The molecule has 1 N–H and O–H groups in total. The van der Waals surface area contributed by atoms with Crippen molar-refractivity contribution < 1.29 is 19.1 Å². The number of ether oxygens (including phenoxy) is 2. The van der Waals surface area contributed by atoms with Crippen LogP contribution in [0, 0.1) is 0 Å². The molecule has 0 aromatic carbocycles. The predicted molar refractivity (Wildman–Crippen MR) is 52.8 cm³/mol. The van der Waals surface area contributed by atoms with E-state index in [4.69, 9.17) is 0 Å². The van der Waals surface area contributed by atoms with Gasteiger partial charge in [-0.1, -0.05) is 6.58 Å². The fraction of sp³-hybridized carbons (Fsp3) is 0.556. The molecule has 0 bridgehead atoms. The number of aldehydes is 1. The van der Waals surface area contributed by atoms with Gasteiger partial charge in [-0.05, 0) is 13.0 Å². The van der Waals surface area contributed by atoms with Crippen molar-refractivity contribution in [3.8, 4) is 0 Å². The van der Waals surface area contributed by atoms with Gasteiger partial charge in [-0.15, -0.1) is 0 Å². The Bertz CT molecular complexity index is 166. The van der Waals surface area contributed by atoms with Crippen LogP contribution in [-0.4, -0.2) is 39.2 Å². The molecule has 0 unspecified atom stereocenters. The van der Waals surface area contributed by atoms with Crippen LogP contribution in [0.1, 0.15) is 6.92 Å². The molecule has 0 aliphatic heterocycles. The van der Waals surface area contributed by atoms with E-state index in [1.54, 1.807) is 14.2 Å². The van der Waals surface area contributed by atoms with Crippen LogP contribution in [0.4, 0.5) is 0 Å². The number of methoxy groups -OCH3 is 2. The molecule has 0 atom stereocenters. The van der Waals surface area contributed by atoms with Gasteiger partial charge >= 0.3 is 0 Å². The Morgan fingerprint density at radius 1 is 1.50 bits per heavy atom. The highest BCUT2D eigenvalue weighted by atomic mass is 16.7. The maximum atomic E-state index is 10.2. The molecular formula is C9H17NO4.